The Labute approximate surface area is 176 Å². The standard InChI is InChI=1S/C23H26N4OS/c1-17-9-8-13-20(15-17)27-22(19-11-4-3-5-12-19)24-25-23(27)29-16-21(28)26-14-7-6-10-18(26)2/h3-5,8-9,11-13,15,18H,6-7,10,14,16H2,1-2H3/t18-/m0/s1. The van der Waals surface area contributed by atoms with Crippen LogP contribution in [0.1, 0.15) is 31.7 Å². The first-order valence-electron chi connectivity index (χ1n) is 10.1. The Morgan fingerprint density at radius 1 is 1.10 bits per heavy atom. The summed E-state index contributed by atoms with van der Waals surface area (Å²) in [5.41, 5.74) is 3.18. The zero-order valence-corrected chi connectivity index (χ0v) is 17.7. The lowest BCUT2D eigenvalue weighted by Gasteiger charge is -2.33. The number of piperidine rings is 1. The molecule has 3 aromatic rings. The van der Waals surface area contributed by atoms with Crippen LogP contribution in [0.3, 0.4) is 0 Å². The lowest BCUT2D eigenvalue weighted by Crippen LogP contribution is -2.42. The zero-order valence-electron chi connectivity index (χ0n) is 16.9. The van der Waals surface area contributed by atoms with Crippen LogP contribution in [-0.4, -0.2) is 43.9 Å². The molecule has 0 saturated carbocycles. The summed E-state index contributed by atoms with van der Waals surface area (Å²) >= 11 is 1.47. The van der Waals surface area contributed by atoms with Crippen molar-refractivity contribution >= 4 is 17.7 Å². The number of thioether (sulfide) groups is 1. The average molecular weight is 407 g/mol. The number of rotatable bonds is 5. The molecule has 2 aromatic carbocycles. The number of aromatic nitrogens is 3. The van der Waals surface area contributed by atoms with E-state index in [-0.39, 0.29) is 5.91 Å². The predicted molar refractivity (Wildman–Crippen MR) is 117 cm³/mol. The fourth-order valence-electron chi connectivity index (χ4n) is 3.82. The quantitative estimate of drug-likeness (QED) is 0.575. The van der Waals surface area contributed by atoms with E-state index in [0.29, 0.717) is 11.8 Å². The molecule has 1 aliphatic rings. The minimum Gasteiger partial charge on any atom is -0.339 e. The number of carbonyl (C=O) groups is 1. The van der Waals surface area contributed by atoms with E-state index in [4.69, 9.17) is 0 Å². The summed E-state index contributed by atoms with van der Waals surface area (Å²) in [7, 11) is 0. The fourth-order valence-corrected chi connectivity index (χ4v) is 4.65. The highest BCUT2D eigenvalue weighted by Gasteiger charge is 2.24. The molecule has 0 N–H and O–H groups in total. The molecule has 6 heteroatoms. The minimum absolute atomic E-state index is 0.183. The van der Waals surface area contributed by atoms with Crippen LogP contribution in [-0.2, 0) is 4.79 Å². The molecule has 0 bridgehead atoms. The molecule has 29 heavy (non-hydrogen) atoms. The monoisotopic (exact) mass is 406 g/mol. The third-order valence-electron chi connectivity index (χ3n) is 5.37. The minimum atomic E-state index is 0.183. The Hall–Kier alpha value is -2.60. The summed E-state index contributed by atoms with van der Waals surface area (Å²) in [4.78, 5) is 14.8. The van der Waals surface area contributed by atoms with Gasteiger partial charge in [-0.05, 0) is 50.8 Å². The van der Waals surface area contributed by atoms with E-state index in [1.165, 1.54) is 23.7 Å². The van der Waals surface area contributed by atoms with Crippen molar-refractivity contribution in [3.05, 3.63) is 60.2 Å². The maximum atomic E-state index is 12.8. The third-order valence-corrected chi connectivity index (χ3v) is 6.29. The molecule has 0 aliphatic carbocycles. The smallest absolute Gasteiger partial charge is 0.233 e. The first-order chi connectivity index (χ1) is 14.1. The normalized spacial score (nSPS) is 16.8. The van der Waals surface area contributed by atoms with Crippen molar-refractivity contribution in [2.24, 2.45) is 0 Å². The van der Waals surface area contributed by atoms with E-state index in [0.717, 1.165) is 41.6 Å². The largest absolute Gasteiger partial charge is 0.339 e. The summed E-state index contributed by atoms with van der Waals surface area (Å²) < 4.78 is 2.06. The van der Waals surface area contributed by atoms with Gasteiger partial charge in [0.15, 0.2) is 11.0 Å². The molecule has 0 unspecified atom stereocenters. The van der Waals surface area contributed by atoms with Crippen molar-refractivity contribution in [3.8, 4) is 17.1 Å². The second kappa shape index (κ2) is 8.82. The second-order valence-electron chi connectivity index (χ2n) is 7.57. The molecule has 1 saturated heterocycles. The highest BCUT2D eigenvalue weighted by molar-refractivity contribution is 7.99. The lowest BCUT2D eigenvalue weighted by atomic mass is 10.0. The van der Waals surface area contributed by atoms with E-state index in [1.807, 2.05) is 41.3 Å². The highest BCUT2D eigenvalue weighted by atomic mass is 32.2. The van der Waals surface area contributed by atoms with Gasteiger partial charge in [-0.2, -0.15) is 0 Å². The van der Waals surface area contributed by atoms with Crippen LogP contribution in [0.25, 0.3) is 17.1 Å². The summed E-state index contributed by atoms with van der Waals surface area (Å²) in [6.45, 7) is 5.08. The third kappa shape index (κ3) is 4.37. The highest BCUT2D eigenvalue weighted by Crippen LogP contribution is 2.29. The SMILES string of the molecule is Cc1cccc(-n2c(SCC(=O)N3CCCC[C@@H]3C)nnc2-c2ccccc2)c1. The number of carbonyl (C=O) groups excluding carboxylic acids is 1. The molecular weight excluding hydrogens is 380 g/mol. The Balaban J connectivity index is 1.63. The van der Waals surface area contributed by atoms with Crippen molar-refractivity contribution in [3.63, 3.8) is 0 Å². The zero-order chi connectivity index (χ0) is 20.2. The summed E-state index contributed by atoms with van der Waals surface area (Å²) in [6.07, 6.45) is 3.40. The van der Waals surface area contributed by atoms with E-state index in [9.17, 15) is 4.79 Å². The van der Waals surface area contributed by atoms with Crippen LogP contribution in [0.15, 0.2) is 59.8 Å². The maximum Gasteiger partial charge on any atom is 0.233 e. The first-order valence-corrected chi connectivity index (χ1v) is 11.1. The molecule has 1 aromatic heterocycles. The van der Waals surface area contributed by atoms with Gasteiger partial charge < -0.3 is 4.90 Å². The van der Waals surface area contributed by atoms with Crippen LogP contribution in [0.5, 0.6) is 0 Å². The summed E-state index contributed by atoms with van der Waals surface area (Å²) in [5.74, 6) is 1.35. The van der Waals surface area contributed by atoms with Gasteiger partial charge in [-0.1, -0.05) is 54.2 Å². The maximum absolute atomic E-state index is 12.8. The molecule has 1 amide bonds. The molecule has 150 valence electrons. The molecule has 1 aliphatic heterocycles. The van der Waals surface area contributed by atoms with Crippen LogP contribution in [0.4, 0.5) is 0 Å². The van der Waals surface area contributed by atoms with Crippen molar-refractivity contribution < 1.29 is 4.79 Å². The first kappa shape index (κ1) is 19.7. The molecule has 4 rings (SSSR count). The van der Waals surface area contributed by atoms with Crippen molar-refractivity contribution in [1.82, 2.24) is 19.7 Å². The molecule has 2 heterocycles. The molecule has 5 nitrogen and oxygen atoms in total. The van der Waals surface area contributed by atoms with Crippen molar-refractivity contribution in [2.75, 3.05) is 12.3 Å². The van der Waals surface area contributed by atoms with Crippen LogP contribution in [0, 0.1) is 6.92 Å². The van der Waals surface area contributed by atoms with Crippen molar-refractivity contribution in [2.45, 2.75) is 44.3 Å². The Kier molecular flexibility index (Phi) is 6.00. The van der Waals surface area contributed by atoms with Crippen molar-refractivity contribution in [1.29, 1.82) is 0 Å². The molecule has 0 radical (unpaired) electrons. The van der Waals surface area contributed by atoms with E-state index >= 15 is 0 Å². The van der Waals surface area contributed by atoms with Gasteiger partial charge >= 0.3 is 0 Å². The second-order valence-corrected chi connectivity index (χ2v) is 8.51. The predicted octanol–water partition coefficient (Wildman–Crippen LogP) is 4.74. The van der Waals surface area contributed by atoms with Gasteiger partial charge in [-0.25, -0.2) is 0 Å². The molecular formula is C23H26N4OS. The van der Waals surface area contributed by atoms with Gasteiger partial charge in [-0.3, -0.25) is 9.36 Å². The van der Waals surface area contributed by atoms with Gasteiger partial charge in [0, 0.05) is 23.8 Å². The molecule has 0 spiro atoms. The Morgan fingerprint density at radius 2 is 1.93 bits per heavy atom. The van der Waals surface area contributed by atoms with E-state index in [2.05, 4.69) is 46.8 Å². The number of amides is 1. The number of likely N-dealkylation sites (tertiary alicyclic amines) is 1. The average Bonchev–Trinajstić information content (AvgIpc) is 3.17. The van der Waals surface area contributed by atoms with Crippen LogP contribution >= 0.6 is 11.8 Å². The fraction of sp³-hybridized carbons (Fsp3) is 0.348. The van der Waals surface area contributed by atoms with Gasteiger partial charge in [0.2, 0.25) is 5.91 Å². The lowest BCUT2D eigenvalue weighted by molar-refractivity contribution is -0.131. The Bertz CT molecular complexity index is 986. The number of benzene rings is 2. The van der Waals surface area contributed by atoms with Crippen LogP contribution < -0.4 is 0 Å². The van der Waals surface area contributed by atoms with E-state index < -0.39 is 0 Å². The molecule has 1 atom stereocenters. The van der Waals surface area contributed by atoms with E-state index in [1.54, 1.807) is 0 Å². The number of aryl methyl sites for hydroxylation is 1. The molecule has 1 fully saturated rings. The number of nitrogens with zero attached hydrogens (tertiary/aromatic N) is 4. The Morgan fingerprint density at radius 3 is 2.69 bits per heavy atom. The summed E-state index contributed by atoms with van der Waals surface area (Å²) in [6, 6.07) is 18.7. The topological polar surface area (TPSA) is 51.0 Å². The summed E-state index contributed by atoms with van der Waals surface area (Å²) in [5, 5.41) is 9.65. The van der Waals surface area contributed by atoms with Gasteiger partial charge in [0.05, 0.1) is 5.75 Å². The number of hydrogen-bond donors (Lipinski definition) is 0. The van der Waals surface area contributed by atoms with Crippen LogP contribution in [0.2, 0.25) is 0 Å². The van der Waals surface area contributed by atoms with Gasteiger partial charge in [0.1, 0.15) is 0 Å². The number of hydrogen-bond acceptors (Lipinski definition) is 4. The van der Waals surface area contributed by atoms with Gasteiger partial charge in [-0.15, -0.1) is 10.2 Å². The van der Waals surface area contributed by atoms with Gasteiger partial charge in [0.25, 0.3) is 0 Å².